The molecule has 0 radical (unpaired) electrons. The van der Waals surface area contributed by atoms with Crippen molar-refractivity contribution in [1.82, 2.24) is 0 Å². The third-order valence-electron chi connectivity index (χ3n) is 2.30. The molecule has 0 aliphatic rings. The Labute approximate surface area is 92.2 Å². The van der Waals surface area contributed by atoms with Gasteiger partial charge in [-0.25, -0.2) is 0 Å². The molecule has 16 heavy (non-hydrogen) atoms. The van der Waals surface area contributed by atoms with E-state index in [2.05, 4.69) is 4.74 Å². The number of nitrogens with two attached hydrogens (primary N) is 1. The second-order valence-corrected chi connectivity index (χ2v) is 3.30. The lowest BCUT2D eigenvalue weighted by atomic mass is 10.0. The molecule has 1 rings (SSSR count). The largest absolute Gasteiger partial charge is 0.469 e. The van der Waals surface area contributed by atoms with E-state index in [1.807, 2.05) is 0 Å². The maximum absolute atomic E-state index is 11.1. The van der Waals surface area contributed by atoms with Crippen LogP contribution < -0.4 is 5.73 Å². The van der Waals surface area contributed by atoms with Gasteiger partial charge in [-0.15, -0.1) is 0 Å². The van der Waals surface area contributed by atoms with E-state index >= 15 is 0 Å². The van der Waals surface area contributed by atoms with Gasteiger partial charge in [-0.05, 0) is 12.5 Å². The zero-order valence-corrected chi connectivity index (χ0v) is 9.02. The number of nitrogens with zero attached hydrogens (tertiary/aromatic N) is 1. The van der Waals surface area contributed by atoms with Gasteiger partial charge in [-0.2, -0.15) is 0 Å². The number of benzene rings is 1. The molecule has 0 heterocycles. The molecule has 1 aromatic carbocycles. The van der Waals surface area contributed by atoms with Crippen LogP contribution in [0.1, 0.15) is 11.1 Å². The van der Waals surface area contributed by atoms with E-state index in [0.29, 0.717) is 5.56 Å². The smallest absolute Gasteiger partial charge is 0.310 e. The summed E-state index contributed by atoms with van der Waals surface area (Å²) >= 11 is 0. The van der Waals surface area contributed by atoms with Crippen LogP contribution in [0.2, 0.25) is 0 Å². The van der Waals surface area contributed by atoms with Gasteiger partial charge in [-0.1, -0.05) is 6.07 Å². The quantitative estimate of drug-likeness (QED) is 0.360. The second kappa shape index (κ2) is 4.61. The van der Waals surface area contributed by atoms with Gasteiger partial charge >= 0.3 is 5.97 Å². The molecule has 1 aromatic rings. The number of carbonyl (C=O) groups is 1. The van der Waals surface area contributed by atoms with Crippen molar-refractivity contribution in [3.05, 3.63) is 33.4 Å². The fourth-order valence-electron chi connectivity index (χ4n) is 1.34. The molecule has 0 fully saturated rings. The third kappa shape index (κ3) is 2.28. The molecule has 0 bridgehead atoms. The van der Waals surface area contributed by atoms with Crippen LogP contribution in [0.25, 0.3) is 0 Å². The third-order valence-corrected chi connectivity index (χ3v) is 2.30. The number of nitrogen functional groups attached to an aromatic ring is 1. The highest BCUT2D eigenvalue weighted by molar-refractivity contribution is 5.78. The Hall–Kier alpha value is -2.11. The molecule has 0 atom stereocenters. The Bertz CT molecular complexity index is 443. The summed E-state index contributed by atoms with van der Waals surface area (Å²) in [5, 5.41) is 10.8. The maximum atomic E-state index is 11.1. The molecule has 86 valence electrons. The minimum Gasteiger partial charge on any atom is -0.469 e. The van der Waals surface area contributed by atoms with E-state index in [1.54, 1.807) is 13.0 Å². The SMILES string of the molecule is COC(=O)Cc1c([N+](=O)[O-])ccc(C)c1N. The zero-order chi connectivity index (χ0) is 12.3. The van der Waals surface area contributed by atoms with Crippen LogP contribution in [0.3, 0.4) is 0 Å². The number of hydrogen-bond acceptors (Lipinski definition) is 5. The van der Waals surface area contributed by atoms with Gasteiger partial charge in [0.1, 0.15) is 0 Å². The Morgan fingerprint density at radius 1 is 1.56 bits per heavy atom. The number of anilines is 1. The van der Waals surface area contributed by atoms with Crippen LogP contribution in [0.4, 0.5) is 11.4 Å². The predicted octanol–water partition coefficient (Wildman–Crippen LogP) is 1.20. The second-order valence-electron chi connectivity index (χ2n) is 3.30. The molecule has 6 nitrogen and oxygen atoms in total. The van der Waals surface area contributed by atoms with Crippen LogP contribution in [0.5, 0.6) is 0 Å². The van der Waals surface area contributed by atoms with E-state index in [-0.39, 0.29) is 23.4 Å². The van der Waals surface area contributed by atoms with Crippen molar-refractivity contribution < 1.29 is 14.5 Å². The predicted molar refractivity (Wildman–Crippen MR) is 58.0 cm³/mol. The average Bonchev–Trinajstić information content (AvgIpc) is 2.24. The molecule has 0 unspecified atom stereocenters. The molecule has 0 aliphatic heterocycles. The summed E-state index contributed by atoms with van der Waals surface area (Å²) in [5.74, 6) is -0.555. The van der Waals surface area contributed by atoms with Crippen LogP contribution in [-0.2, 0) is 16.0 Å². The van der Waals surface area contributed by atoms with Crippen molar-refractivity contribution in [2.24, 2.45) is 0 Å². The molecule has 2 N–H and O–H groups in total. The van der Waals surface area contributed by atoms with Gasteiger partial charge in [-0.3, -0.25) is 14.9 Å². The van der Waals surface area contributed by atoms with E-state index < -0.39 is 10.9 Å². The first-order chi connectivity index (χ1) is 7.47. The summed E-state index contributed by atoms with van der Waals surface area (Å²) < 4.78 is 4.47. The van der Waals surface area contributed by atoms with E-state index in [9.17, 15) is 14.9 Å². The summed E-state index contributed by atoms with van der Waals surface area (Å²) in [7, 11) is 1.22. The summed E-state index contributed by atoms with van der Waals surface area (Å²) in [6.07, 6.45) is -0.194. The monoisotopic (exact) mass is 224 g/mol. The first-order valence-corrected chi connectivity index (χ1v) is 4.56. The molecule has 0 saturated heterocycles. The number of aryl methyl sites for hydroxylation is 1. The van der Waals surface area contributed by atoms with Crippen LogP contribution in [-0.4, -0.2) is 18.0 Å². The highest BCUT2D eigenvalue weighted by Gasteiger charge is 2.20. The first kappa shape index (κ1) is 12.0. The lowest BCUT2D eigenvalue weighted by molar-refractivity contribution is -0.385. The van der Waals surface area contributed by atoms with Crippen molar-refractivity contribution in [3.8, 4) is 0 Å². The highest BCUT2D eigenvalue weighted by atomic mass is 16.6. The van der Waals surface area contributed by atoms with Gasteiger partial charge in [0.25, 0.3) is 5.69 Å². The Kier molecular flexibility index (Phi) is 3.44. The molecule has 0 spiro atoms. The number of carbonyl (C=O) groups excluding carboxylic acids is 1. The van der Waals surface area contributed by atoms with Crippen molar-refractivity contribution in [3.63, 3.8) is 0 Å². The van der Waals surface area contributed by atoms with Gasteiger partial charge < -0.3 is 10.5 Å². The minimum absolute atomic E-state index is 0.159. The van der Waals surface area contributed by atoms with E-state index in [1.165, 1.54) is 13.2 Å². The molecule has 6 heteroatoms. The molecule has 0 amide bonds. The van der Waals surface area contributed by atoms with Crippen molar-refractivity contribution in [2.75, 3.05) is 12.8 Å². The number of methoxy groups -OCH3 is 1. The van der Waals surface area contributed by atoms with E-state index in [4.69, 9.17) is 5.73 Å². The number of nitro groups is 1. The van der Waals surface area contributed by atoms with Crippen molar-refractivity contribution >= 4 is 17.3 Å². The van der Waals surface area contributed by atoms with Crippen molar-refractivity contribution in [2.45, 2.75) is 13.3 Å². The fraction of sp³-hybridized carbons (Fsp3) is 0.300. The Morgan fingerprint density at radius 3 is 2.69 bits per heavy atom. The molecule has 0 aromatic heterocycles. The van der Waals surface area contributed by atoms with Gasteiger partial charge in [0.2, 0.25) is 0 Å². The van der Waals surface area contributed by atoms with Gasteiger partial charge in [0, 0.05) is 11.8 Å². The Balaban J connectivity index is 3.26. The standard InChI is InChI=1S/C10H12N2O4/c1-6-3-4-8(12(14)15)7(10(6)11)5-9(13)16-2/h3-4H,5,11H2,1-2H3. The summed E-state index contributed by atoms with van der Waals surface area (Å²) in [6, 6.07) is 2.89. The van der Waals surface area contributed by atoms with E-state index in [0.717, 1.165) is 0 Å². The molecular formula is C10H12N2O4. The lowest BCUT2D eigenvalue weighted by Crippen LogP contribution is -2.10. The average molecular weight is 224 g/mol. The molecule has 0 saturated carbocycles. The first-order valence-electron chi connectivity index (χ1n) is 4.56. The Morgan fingerprint density at radius 2 is 2.19 bits per heavy atom. The maximum Gasteiger partial charge on any atom is 0.310 e. The fourth-order valence-corrected chi connectivity index (χ4v) is 1.34. The van der Waals surface area contributed by atoms with Gasteiger partial charge in [0.15, 0.2) is 0 Å². The number of nitro benzene ring substituents is 1. The van der Waals surface area contributed by atoms with Crippen molar-refractivity contribution in [1.29, 1.82) is 0 Å². The van der Waals surface area contributed by atoms with Gasteiger partial charge in [0.05, 0.1) is 24.0 Å². The highest BCUT2D eigenvalue weighted by Crippen LogP contribution is 2.27. The number of ether oxygens (including phenoxy) is 1. The number of esters is 1. The zero-order valence-electron chi connectivity index (χ0n) is 9.02. The van der Waals surface area contributed by atoms with Crippen LogP contribution >= 0.6 is 0 Å². The van der Waals surface area contributed by atoms with Crippen LogP contribution in [0.15, 0.2) is 12.1 Å². The molecular weight excluding hydrogens is 212 g/mol. The molecule has 0 aliphatic carbocycles. The summed E-state index contributed by atoms with van der Waals surface area (Å²) in [5.41, 5.74) is 6.72. The van der Waals surface area contributed by atoms with Crippen LogP contribution in [0, 0.1) is 17.0 Å². The summed E-state index contributed by atoms with van der Waals surface area (Å²) in [6.45, 7) is 1.72. The normalized spacial score (nSPS) is 9.88. The summed E-state index contributed by atoms with van der Waals surface area (Å²) in [4.78, 5) is 21.3. The lowest BCUT2D eigenvalue weighted by Gasteiger charge is -2.07. The number of hydrogen-bond donors (Lipinski definition) is 1. The minimum atomic E-state index is -0.561. The topological polar surface area (TPSA) is 95.5 Å². The number of rotatable bonds is 3.